The molecule has 22 heavy (non-hydrogen) atoms. The van der Waals surface area contributed by atoms with Gasteiger partial charge >= 0.3 is 5.00 Å². The van der Waals surface area contributed by atoms with Crippen LogP contribution < -0.4 is 11.1 Å². The predicted octanol–water partition coefficient (Wildman–Crippen LogP) is 3.86. The molecule has 1 aromatic heterocycles. The van der Waals surface area contributed by atoms with Crippen LogP contribution in [0.4, 0.5) is 10.8 Å². The third-order valence-corrected chi connectivity index (χ3v) is 5.18. The molecule has 0 unspecified atom stereocenters. The van der Waals surface area contributed by atoms with Crippen LogP contribution in [0, 0.1) is 10.1 Å². The van der Waals surface area contributed by atoms with Gasteiger partial charge in [0.1, 0.15) is 5.01 Å². The Morgan fingerprint density at radius 2 is 1.95 bits per heavy atom. The molecule has 2 rings (SSSR count). The molecule has 124 valence electrons. The van der Waals surface area contributed by atoms with Gasteiger partial charge in [-0.15, -0.1) is 0 Å². The maximum Gasteiger partial charge on any atom is 0.367 e. The van der Waals surface area contributed by atoms with E-state index in [9.17, 15) is 10.1 Å². The fourth-order valence-corrected chi connectivity index (χ4v) is 3.78. The summed E-state index contributed by atoms with van der Waals surface area (Å²) in [5.41, 5.74) is 5.47. The summed E-state index contributed by atoms with van der Waals surface area (Å²) >= 11 is 1.22. The Morgan fingerprint density at radius 3 is 2.64 bits per heavy atom. The molecular weight excluding hydrogens is 300 g/mol. The van der Waals surface area contributed by atoms with Crippen molar-refractivity contribution in [3.8, 4) is 0 Å². The maximum atomic E-state index is 11.2. The van der Waals surface area contributed by atoms with Gasteiger partial charge in [-0.3, -0.25) is 10.1 Å². The van der Waals surface area contributed by atoms with Crippen LogP contribution in [0.2, 0.25) is 0 Å². The molecule has 7 heteroatoms. The van der Waals surface area contributed by atoms with E-state index < -0.39 is 0 Å². The summed E-state index contributed by atoms with van der Waals surface area (Å²) in [6.45, 7) is 0.734. The molecule has 0 saturated heterocycles. The molecule has 0 radical (unpaired) electrons. The second-order valence-electron chi connectivity index (χ2n) is 5.95. The lowest BCUT2D eigenvalue weighted by Crippen LogP contribution is -2.22. The lowest BCUT2D eigenvalue weighted by atomic mass is 9.95. The first-order valence-corrected chi connectivity index (χ1v) is 9.13. The Bertz CT molecular complexity index is 472. The maximum absolute atomic E-state index is 11.2. The minimum absolute atomic E-state index is 0.169. The van der Waals surface area contributed by atoms with E-state index in [-0.39, 0.29) is 9.92 Å². The number of rotatable bonds is 9. The number of nitro groups is 1. The van der Waals surface area contributed by atoms with Crippen molar-refractivity contribution in [1.82, 2.24) is 4.98 Å². The second kappa shape index (κ2) is 9.05. The van der Waals surface area contributed by atoms with Crippen LogP contribution in [0.1, 0.15) is 62.8 Å². The molecule has 0 bridgehead atoms. The fourth-order valence-electron chi connectivity index (χ4n) is 2.89. The van der Waals surface area contributed by atoms with Crippen LogP contribution in [0.3, 0.4) is 0 Å². The summed E-state index contributed by atoms with van der Waals surface area (Å²) in [6.07, 6.45) is 11.0. The van der Waals surface area contributed by atoms with E-state index in [0.717, 1.165) is 56.5 Å². The van der Waals surface area contributed by atoms with E-state index in [0.29, 0.717) is 11.9 Å². The van der Waals surface area contributed by atoms with Gasteiger partial charge in [-0.2, -0.15) is 0 Å². The summed E-state index contributed by atoms with van der Waals surface area (Å²) < 4.78 is 0. The highest BCUT2D eigenvalue weighted by atomic mass is 32.1. The number of hydrogen-bond donors (Lipinski definition) is 2. The van der Waals surface area contributed by atoms with Crippen molar-refractivity contribution in [3.63, 3.8) is 0 Å². The van der Waals surface area contributed by atoms with Crippen LogP contribution in [0.15, 0.2) is 0 Å². The number of unbranched alkanes of at least 4 members (excludes halogenated alkanes) is 3. The van der Waals surface area contributed by atoms with E-state index in [1.54, 1.807) is 0 Å². The zero-order valence-corrected chi connectivity index (χ0v) is 13.9. The minimum atomic E-state index is -0.305. The summed E-state index contributed by atoms with van der Waals surface area (Å²) in [5.74, 6) is 0.485. The molecule has 0 amide bonds. The van der Waals surface area contributed by atoms with Gasteiger partial charge in [0.25, 0.3) is 0 Å². The SMILES string of the molecule is NCCCCCCc1nc(NC2CCCCC2)c([N+](=O)[O-])s1. The van der Waals surface area contributed by atoms with Crippen LogP contribution in [-0.2, 0) is 6.42 Å². The largest absolute Gasteiger partial charge is 0.367 e. The fraction of sp³-hybridized carbons (Fsp3) is 0.800. The van der Waals surface area contributed by atoms with Gasteiger partial charge in [0.05, 0.1) is 4.92 Å². The Labute approximate surface area is 135 Å². The van der Waals surface area contributed by atoms with Crippen molar-refractivity contribution in [1.29, 1.82) is 0 Å². The molecule has 1 heterocycles. The standard InChI is InChI=1S/C15H26N4O2S/c16-11-7-2-1-6-10-13-18-14(15(22-13)19(20)21)17-12-8-4-3-5-9-12/h12,17H,1-11,16H2. The van der Waals surface area contributed by atoms with Crippen LogP contribution in [-0.4, -0.2) is 22.5 Å². The zero-order valence-electron chi connectivity index (χ0n) is 13.1. The first-order chi connectivity index (χ1) is 10.7. The lowest BCUT2D eigenvalue weighted by molar-refractivity contribution is -0.379. The Kier molecular flexibility index (Phi) is 7.05. The van der Waals surface area contributed by atoms with Gasteiger partial charge in [-0.1, -0.05) is 32.1 Å². The molecule has 1 aromatic rings. The van der Waals surface area contributed by atoms with E-state index in [1.165, 1.54) is 30.6 Å². The molecule has 1 fully saturated rings. The Hall–Kier alpha value is -1.21. The topological polar surface area (TPSA) is 94.1 Å². The van der Waals surface area contributed by atoms with Crippen molar-refractivity contribution in [2.45, 2.75) is 70.3 Å². The number of nitrogens with zero attached hydrogens (tertiary/aromatic N) is 2. The molecule has 1 saturated carbocycles. The second-order valence-corrected chi connectivity index (χ2v) is 7.01. The summed E-state index contributed by atoms with van der Waals surface area (Å²) in [5, 5.41) is 15.6. The van der Waals surface area contributed by atoms with Crippen LogP contribution in [0.5, 0.6) is 0 Å². The molecular formula is C15H26N4O2S. The van der Waals surface area contributed by atoms with Crippen molar-refractivity contribution >= 4 is 22.2 Å². The first-order valence-electron chi connectivity index (χ1n) is 8.31. The molecule has 0 spiro atoms. The molecule has 0 aliphatic heterocycles. The van der Waals surface area contributed by atoms with Crippen molar-refractivity contribution in [2.24, 2.45) is 5.73 Å². The Morgan fingerprint density at radius 1 is 1.23 bits per heavy atom. The third-order valence-electron chi connectivity index (χ3n) is 4.11. The van der Waals surface area contributed by atoms with Gasteiger partial charge < -0.3 is 11.1 Å². The molecule has 1 aliphatic carbocycles. The highest BCUT2D eigenvalue weighted by Crippen LogP contribution is 2.34. The average Bonchev–Trinajstić information content (AvgIpc) is 2.91. The van der Waals surface area contributed by atoms with Gasteiger partial charge in [0.15, 0.2) is 0 Å². The van der Waals surface area contributed by atoms with Crippen LogP contribution >= 0.6 is 11.3 Å². The summed E-state index contributed by atoms with van der Waals surface area (Å²) in [4.78, 5) is 15.4. The quantitative estimate of drug-likeness (QED) is 0.408. The third kappa shape index (κ3) is 5.21. The zero-order chi connectivity index (χ0) is 15.8. The lowest BCUT2D eigenvalue weighted by Gasteiger charge is -2.22. The highest BCUT2D eigenvalue weighted by Gasteiger charge is 2.24. The normalized spacial score (nSPS) is 15.9. The molecule has 1 aliphatic rings. The molecule has 3 N–H and O–H groups in total. The van der Waals surface area contributed by atoms with Gasteiger partial charge in [0, 0.05) is 6.04 Å². The summed E-state index contributed by atoms with van der Waals surface area (Å²) in [7, 11) is 0. The van der Waals surface area contributed by atoms with E-state index >= 15 is 0 Å². The number of nitrogens with one attached hydrogen (secondary N) is 1. The van der Waals surface area contributed by atoms with Crippen molar-refractivity contribution in [3.05, 3.63) is 15.1 Å². The smallest absolute Gasteiger partial charge is 0.361 e. The Balaban J connectivity index is 1.91. The monoisotopic (exact) mass is 326 g/mol. The molecule has 0 atom stereocenters. The number of nitrogens with two attached hydrogens (primary N) is 1. The summed E-state index contributed by atoms with van der Waals surface area (Å²) in [6, 6.07) is 0.340. The van der Waals surface area contributed by atoms with E-state index in [1.807, 2.05) is 0 Å². The van der Waals surface area contributed by atoms with Crippen molar-refractivity contribution < 1.29 is 4.92 Å². The number of hydrogen-bond acceptors (Lipinski definition) is 6. The van der Waals surface area contributed by atoms with E-state index in [4.69, 9.17) is 5.73 Å². The highest BCUT2D eigenvalue weighted by molar-refractivity contribution is 7.15. The predicted molar refractivity (Wildman–Crippen MR) is 90.5 cm³/mol. The van der Waals surface area contributed by atoms with E-state index in [2.05, 4.69) is 10.3 Å². The minimum Gasteiger partial charge on any atom is -0.361 e. The number of anilines is 1. The first kappa shape index (κ1) is 17.1. The molecule has 0 aromatic carbocycles. The number of thiazole rings is 1. The number of aryl methyl sites for hydroxylation is 1. The van der Waals surface area contributed by atoms with Crippen LogP contribution in [0.25, 0.3) is 0 Å². The average molecular weight is 326 g/mol. The van der Waals surface area contributed by atoms with Gasteiger partial charge in [0.2, 0.25) is 5.82 Å². The van der Waals surface area contributed by atoms with Gasteiger partial charge in [-0.25, -0.2) is 4.98 Å². The molecule has 6 nitrogen and oxygen atoms in total. The van der Waals surface area contributed by atoms with Crippen molar-refractivity contribution in [2.75, 3.05) is 11.9 Å². The van der Waals surface area contributed by atoms with Gasteiger partial charge in [-0.05, 0) is 50.0 Å². The number of aromatic nitrogens is 1.